The molecule has 4 nitrogen and oxygen atoms in total. The lowest BCUT2D eigenvalue weighted by Crippen LogP contribution is -2.62. The summed E-state index contributed by atoms with van der Waals surface area (Å²) in [5, 5.41) is 12.6. The number of anilines is 1. The van der Waals surface area contributed by atoms with Crippen molar-refractivity contribution in [3.63, 3.8) is 0 Å². The highest BCUT2D eigenvalue weighted by Gasteiger charge is 2.39. The second kappa shape index (κ2) is 4.81. The fourth-order valence-corrected chi connectivity index (χ4v) is 2.44. The van der Waals surface area contributed by atoms with Gasteiger partial charge >= 0.3 is 0 Å². The molecule has 5 heteroatoms. The number of piperazine rings is 1. The number of rotatable bonds is 2. The smallest absolute Gasteiger partial charge is 0.245 e. The van der Waals surface area contributed by atoms with Crippen LogP contribution in [0.4, 0.5) is 10.1 Å². The van der Waals surface area contributed by atoms with Gasteiger partial charge < -0.3 is 15.3 Å². The maximum absolute atomic E-state index is 14.2. The van der Waals surface area contributed by atoms with Crippen LogP contribution in [0.2, 0.25) is 0 Å². The number of benzene rings is 1. The number of carbonyl (C=O) groups is 1. The fraction of sp³-hybridized carbons (Fsp3) is 0.500. The normalized spacial score (nSPS) is 20.1. The first-order valence-corrected chi connectivity index (χ1v) is 6.38. The van der Waals surface area contributed by atoms with Crippen LogP contribution in [-0.4, -0.2) is 29.6 Å². The first-order chi connectivity index (χ1) is 8.85. The third kappa shape index (κ3) is 2.30. The molecule has 1 amide bonds. The molecule has 1 aliphatic heterocycles. The molecule has 1 aromatic carbocycles. The number of amides is 1. The second-order valence-corrected chi connectivity index (χ2v) is 5.32. The van der Waals surface area contributed by atoms with Crippen LogP contribution in [0.15, 0.2) is 18.2 Å². The monoisotopic (exact) mass is 266 g/mol. The lowest BCUT2D eigenvalue weighted by molar-refractivity contribution is -0.126. The Morgan fingerprint density at radius 1 is 1.47 bits per heavy atom. The molecule has 1 fully saturated rings. The van der Waals surface area contributed by atoms with Crippen molar-refractivity contribution in [1.29, 1.82) is 0 Å². The van der Waals surface area contributed by atoms with Gasteiger partial charge in [0, 0.05) is 18.7 Å². The van der Waals surface area contributed by atoms with Crippen LogP contribution < -0.4 is 10.2 Å². The Balaban J connectivity index is 2.54. The quantitative estimate of drug-likeness (QED) is 0.854. The molecule has 1 aliphatic rings. The zero-order chi connectivity index (χ0) is 14.2. The lowest BCUT2D eigenvalue weighted by Gasteiger charge is -2.43. The molecule has 1 heterocycles. The number of nitrogens with zero attached hydrogens (tertiary/aromatic N) is 1. The highest BCUT2D eigenvalue weighted by Crippen LogP contribution is 2.34. The van der Waals surface area contributed by atoms with Gasteiger partial charge in [-0.1, -0.05) is 12.1 Å². The first kappa shape index (κ1) is 13.8. The molecule has 0 bridgehead atoms. The largest absolute Gasteiger partial charge is 0.389 e. The molecule has 0 aliphatic carbocycles. The molecule has 2 N–H and O–H groups in total. The number of aliphatic hydroxyl groups is 1. The van der Waals surface area contributed by atoms with Crippen LogP contribution in [0, 0.1) is 5.82 Å². The van der Waals surface area contributed by atoms with E-state index in [9.17, 15) is 14.3 Å². The number of aliphatic hydroxyl groups excluding tert-OH is 1. The van der Waals surface area contributed by atoms with Crippen molar-refractivity contribution < 1.29 is 14.3 Å². The van der Waals surface area contributed by atoms with Crippen molar-refractivity contribution in [1.82, 2.24) is 5.32 Å². The van der Waals surface area contributed by atoms with Crippen molar-refractivity contribution in [2.45, 2.75) is 32.4 Å². The van der Waals surface area contributed by atoms with E-state index in [-0.39, 0.29) is 5.91 Å². The summed E-state index contributed by atoms with van der Waals surface area (Å²) in [5.74, 6) is -0.556. The maximum Gasteiger partial charge on any atom is 0.245 e. The summed E-state index contributed by atoms with van der Waals surface area (Å²) in [6, 6.07) is 4.60. The van der Waals surface area contributed by atoms with E-state index in [1.165, 1.54) is 6.07 Å². The van der Waals surface area contributed by atoms with Gasteiger partial charge in [-0.25, -0.2) is 4.39 Å². The van der Waals surface area contributed by atoms with Crippen molar-refractivity contribution in [3.05, 3.63) is 29.6 Å². The molecule has 1 aromatic rings. The zero-order valence-corrected chi connectivity index (χ0v) is 11.4. The van der Waals surface area contributed by atoms with Gasteiger partial charge in [-0.2, -0.15) is 0 Å². The molecule has 19 heavy (non-hydrogen) atoms. The van der Waals surface area contributed by atoms with Gasteiger partial charge in [0.25, 0.3) is 0 Å². The van der Waals surface area contributed by atoms with Crippen molar-refractivity contribution in [2.75, 3.05) is 18.0 Å². The van der Waals surface area contributed by atoms with Gasteiger partial charge in [-0.3, -0.25) is 4.79 Å². The third-order valence-corrected chi connectivity index (χ3v) is 3.59. The fourth-order valence-electron chi connectivity index (χ4n) is 2.44. The third-order valence-electron chi connectivity index (χ3n) is 3.59. The van der Waals surface area contributed by atoms with Crippen LogP contribution in [0.3, 0.4) is 0 Å². The van der Waals surface area contributed by atoms with E-state index in [1.54, 1.807) is 37.8 Å². The van der Waals surface area contributed by atoms with Gasteiger partial charge in [0.2, 0.25) is 5.91 Å². The van der Waals surface area contributed by atoms with E-state index in [1.807, 2.05) is 0 Å². The minimum atomic E-state index is -0.843. The molecule has 0 radical (unpaired) electrons. The van der Waals surface area contributed by atoms with E-state index < -0.39 is 17.5 Å². The number of para-hydroxylation sites is 1. The van der Waals surface area contributed by atoms with E-state index in [2.05, 4.69) is 5.32 Å². The van der Waals surface area contributed by atoms with E-state index in [0.29, 0.717) is 24.3 Å². The molecule has 1 atom stereocenters. The van der Waals surface area contributed by atoms with Crippen LogP contribution in [0.25, 0.3) is 0 Å². The number of hydrogen-bond acceptors (Lipinski definition) is 3. The second-order valence-electron chi connectivity index (χ2n) is 5.32. The SMILES string of the molecule is C[C@@H](O)c1cccc(F)c1N1CCNC(=O)C1(C)C. The van der Waals surface area contributed by atoms with Crippen molar-refractivity contribution >= 4 is 11.6 Å². The summed E-state index contributed by atoms with van der Waals surface area (Å²) in [7, 11) is 0. The van der Waals surface area contributed by atoms with Gasteiger partial charge in [-0.15, -0.1) is 0 Å². The highest BCUT2D eigenvalue weighted by molar-refractivity contribution is 5.90. The molecular weight excluding hydrogens is 247 g/mol. The summed E-state index contributed by atoms with van der Waals surface area (Å²) < 4.78 is 14.2. The van der Waals surface area contributed by atoms with Gasteiger partial charge in [0.15, 0.2) is 0 Å². The summed E-state index contributed by atoms with van der Waals surface area (Å²) in [6.45, 7) is 6.07. The van der Waals surface area contributed by atoms with E-state index in [0.717, 1.165) is 0 Å². The Kier molecular flexibility index (Phi) is 3.49. The number of nitrogens with one attached hydrogen (secondary N) is 1. The summed E-state index contributed by atoms with van der Waals surface area (Å²) in [5.41, 5.74) is -0.0236. The molecular formula is C14H19FN2O2. The summed E-state index contributed by atoms with van der Waals surface area (Å²) in [4.78, 5) is 13.7. The molecule has 0 saturated carbocycles. The molecule has 104 valence electrons. The Morgan fingerprint density at radius 2 is 2.16 bits per heavy atom. The summed E-state index contributed by atoms with van der Waals surface area (Å²) in [6.07, 6.45) is -0.786. The topological polar surface area (TPSA) is 52.6 Å². The minimum Gasteiger partial charge on any atom is -0.389 e. The van der Waals surface area contributed by atoms with Gasteiger partial charge in [0.05, 0.1) is 11.8 Å². The van der Waals surface area contributed by atoms with Gasteiger partial charge in [-0.05, 0) is 26.8 Å². The predicted molar refractivity (Wildman–Crippen MR) is 71.5 cm³/mol. The predicted octanol–water partition coefficient (Wildman–Crippen LogP) is 1.59. The van der Waals surface area contributed by atoms with Crippen LogP contribution in [-0.2, 0) is 4.79 Å². The maximum atomic E-state index is 14.2. The standard InChI is InChI=1S/C14H19FN2O2/c1-9(18)10-5-4-6-11(15)12(10)17-8-7-16-13(19)14(17,2)3/h4-6,9,18H,7-8H2,1-3H3,(H,16,19)/t9-/m1/s1. The number of carbonyl (C=O) groups excluding carboxylic acids is 1. The molecule has 0 spiro atoms. The zero-order valence-electron chi connectivity index (χ0n) is 11.4. The Morgan fingerprint density at radius 3 is 2.79 bits per heavy atom. The molecule has 1 saturated heterocycles. The first-order valence-electron chi connectivity index (χ1n) is 6.38. The molecule has 0 aromatic heterocycles. The van der Waals surface area contributed by atoms with Gasteiger partial charge in [0.1, 0.15) is 11.4 Å². The Hall–Kier alpha value is -1.62. The van der Waals surface area contributed by atoms with Crippen LogP contribution in [0.1, 0.15) is 32.4 Å². The van der Waals surface area contributed by atoms with Crippen molar-refractivity contribution in [3.8, 4) is 0 Å². The minimum absolute atomic E-state index is 0.140. The van der Waals surface area contributed by atoms with E-state index in [4.69, 9.17) is 0 Å². The Bertz CT molecular complexity index is 500. The average Bonchev–Trinajstić information content (AvgIpc) is 2.33. The molecule has 2 rings (SSSR count). The highest BCUT2D eigenvalue weighted by atomic mass is 19.1. The van der Waals surface area contributed by atoms with Crippen molar-refractivity contribution in [2.24, 2.45) is 0 Å². The molecule has 0 unspecified atom stereocenters. The number of halogens is 1. The van der Waals surface area contributed by atoms with Crippen LogP contribution >= 0.6 is 0 Å². The summed E-state index contributed by atoms with van der Waals surface area (Å²) >= 11 is 0. The average molecular weight is 266 g/mol. The van der Waals surface area contributed by atoms with Crippen LogP contribution in [0.5, 0.6) is 0 Å². The lowest BCUT2D eigenvalue weighted by atomic mass is 9.95. The van der Waals surface area contributed by atoms with E-state index >= 15 is 0 Å². The Labute approximate surface area is 112 Å². The number of hydrogen-bond donors (Lipinski definition) is 2.